The number of hydrogen-bond acceptors (Lipinski definition) is 3. The molecule has 3 rings (SSSR count). The molecule has 1 aliphatic rings. The Labute approximate surface area is 104 Å². The lowest BCUT2D eigenvalue weighted by Gasteiger charge is -2.13. The van der Waals surface area contributed by atoms with E-state index in [1.165, 1.54) is 0 Å². The molecule has 1 fully saturated rings. The first-order valence-corrected chi connectivity index (χ1v) is 6.82. The lowest BCUT2D eigenvalue weighted by molar-refractivity contribution is 0.400. The molecule has 4 heteroatoms. The molecular formula is C13H16N2OS. The van der Waals surface area contributed by atoms with Crippen molar-refractivity contribution >= 4 is 21.6 Å². The van der Waals surface area contributed by atoms with E-state index < -0.39 is 0 Å². The zero-order valence-corrected chi connectivity index (χ0v) is 10.7. The smallest absolute Gasteiger partial charge is 0.268 e. The molecule has 0 radical (unpaired) electrons. The van der Waals surface area contributed by atoms with Crippen molar-refractivity contribution in [3.8, 4) is 0 Å². The molecule has 0 aliphatic carbocycles. The fourth-order valence-electron chi connectivity index (χ4n) is 2.46. The summed E-state index contributed by atoms with van der Waals surface area (Å²) < 4.78 is 3.01. The van der Waals surface area contributed by atoms with Crippen molar-refractivity contribution < 1.29 is 0 Å². The summed E-state index contributed by atoms with van der Waals surface area (Å²) in [7, 11) is 0. The van der Waals surface area contributed by atoms with Crippen molar-refractivity contribution in [2.75, 3.05) is 13.1 Å². The van der Waals surface area contributed by atoms with E-state index in [4.69, 9.17) is 0 Å². The molecule has 1 saturated heterocycles. The maximum atomic E-state index is 12.2. The molecule has 2 aromatic rings. The van der Waals surface area contributed by atoms with Crippen LogP contribution in [0.3, 0.4) is 0 Å². The summed E-state index contributed by atoms with van der Waals surface area (Å²) in [5, 5.41) is 4.24. The Kier molecular flexibility index (Phi) is 2.76. The minimum atomic E-state index is 0.171. The predicted molar refractivity (Wildman–Crippen MR) is 71.6 cm³/mol. The topological polar surface area (TPSA) is 34.0 Å². The van der Waals surface area contributed by atoms with Gasteiger partial charge in [-0.1, -0.05) is 30.6 Å². The Balaban J connectivity index is 1.95. The third-order valence-corrected chi connectivity index (χ3v) is 4.72. The molecular weight excluding hydrogens is 232 g/mol. The molecule has 90 valence electrons. The van der Waals surface area contributed by atoms with Gasteiger partial charge < -0.3 is 5.32 Å². The van der Waals surface area contributed by atoms with Gasteiger partial charge in [-0.15, -0.1) is 0 Å². The largest absolute Gasteiger partial charge is 0.316 e. The van der Waals surface area contributed by atoms with Gasteiger partial charge in [0.25, 0.3) is 5.56 Å². The Morgan fingerprint density at radius 2 is 2.24 bits per heavy atom. The van der Waals surface area contributed by atoms with Crippen molar-refractivity contribution in [2.45, 2.75) is 13.5 Å². The fraction of sp³-hybridized carbons (Fsp3) is 0.462. The third-order valence-electron chi connectivity index (χ3n) is 3.63. The van der Waals surface area contributed by atoms with Gasteiger partial charge in [0.2, 0.25) is 0 Å². The third kappa shape index (κ3) is 1.91. The number of nitrogens with zero attached hydrogens (tertiary/aromatic N) is 1. The predicted octanol–water partition coefficient (Wildman–Crippen LogP) is 1.92. The summed E-state index contributed by atoms with van der Waals surface area (Å²) in [5.74, 6) is 1.24. The average molecular weight is 248 g/mol. The average Bonchev–Trinajstić information content (AvgIpc) is 2.87. The summed E-state index contributed by atoms with van der Waals surface area (Å²) in [5.41, 5.74) is 0.171. The van der Waals surface area contributed by atoms with E-state index in [1.54, 1.807) is 11.5 Å². The highest BCUT2D eigenvalue weighted by atomic mass is 32.1. The molecule has 2 heterocycles. The molecule has 1 N–H and O–H groups in total. The molecule has 0 spiro atoms. The van der Waals surface area contributed by atoms with Crippen LogP contribution in [-0.4, -0.2) is 17.0 Å². The van der Waals surface area contributed by atoms with Crippen LogP contribution >= 0.6 is 11.5 Å². The number of hydrogen-bond donors (Lipinski definition) is 1. The highest BCUT2D eigenvalue weighted by Crippen LogP contribution is 2.21. The summed E-state index contributed by atoms with van der Waals surface area (Å²) in [6.45, 7) is 5.21. The summed E-state index contributed by atoms with van der Waals surface area (Å²) in [6, 6.07) is 7.86. The first kappa shape index (κ1) is 11.0. The number of rotatable bonds is 2. The summed E-state index contributed by atoms with van der Waals surface area (Å²) in [4.78, 5) is 12.2. The van der Waals surface area contributed by atoms with Crippen LogP contribution in [0.25, 0.3) is 10.1 Å². The zero-order chi connectivity index (χ0) is 11.8. The summed E-state index contributed by atoms with van der Waals surface area (Å²) >= 11 is 1.59. The number of aromatic nitrogens is 1. The van der Waals surface area contributed by atoms with Crippen molar-refractivity contribution in [3.63, 3.8) is 0 Å². The lowest BCUT2D eigenvalue weighted by Crippen LogP contribution is -2.22. The van der Waals surface area contributed by atoms with Gasteiger partial charge in [-0.05, 0) is 30.5 Å². The molecule has 17 heavy (non-hydrogen) atoms. The van der Waals surface area contributed by atoms with Crippen LogP contribution in [0.4, 0.5) is 0 Å². The van der Waals surface area contributed by atoms with Crippen LogP contribution in [0.5, 0.6) is 0 Å². The maximum absolute atomic E-state index is 12.2. The van der Waals surface area contributed by atoms with E-state index in [9.17, 15) is 4.79 Å². The second-order valence-electron chi connectivity index (χ2n) is 4.85. The number of benzene rings is 1. The van der Waals surface area contributed by atoms with Crippen molar-refractivity contribution in [2.24, 2.45) is 11.8 Å². The van der Waals surface area contributed by atoms with Gasteiger partial charge in [0.15, 0.2) is 0 Å². The first-order valence-electron chi connectivity index (χ1n) is 6.05. The van der Waals surface area contributed by atoms with Crippen molar-refractivity contribution in [1.29, 1.82) is 0 Å². The Morgan fingerprint density at radius 3 is 2.94 bits per heavy atom. The Bertz CT molecular complexity index is 586. The maximum Gasteiger partial charge on any atom is 0.268 e. The van der Waals surface area contributed by atoms with Crippen LogP contribution < -0.4 is 10.9 Å². The Hall–Kier alpha value is -1.13. The lowest BCUT2D eigenvalue weighted by atomic mass is 9.98. The quantitative estimate of drug-likeness (QED) is 0.881. The van der Waals surface area contributed by atoms with Gasteiger partial charge in [0.1, 0.15) is 0 Å². The highest BCUT2D eigenvalue weighted by Gasteiger charge is 2.24. The van der Waals surface area contributed by atoms with Crippen molar-refractivity contribution in [3.05, 3.63) is 34.6 Å². The minimum Gasteiger partial charge on any atom is -0.316 e. The van der Waals surface area contributed by atoms with E-state index in [-0.39, 0.29) is 5.56 Å². The molecule has 0 amide bonds. The van der Waals surface area contributed by atoms with Gasteiger partial charge >= 0.3 is 0 Å². The second kappa shape index (κ2) is 4.27. The highest BCUT2D eigenvalue weighted by molar-refractivity contribution is 7.13. The van der Waals surface area contributed by atoms with Gasteiger partial charge in [-0.2, -0.15) is 0 Å². The van der Waals surface area contributed by atoms with E-state index >= 15 is 0 Å². The normalized spacial score (nSPS) is 24.5. The molecule has 0 unspecified atom stereocenters. The molecule has 1 aliphatic heterocycles. The fourth-order valence-corrected chi connectivity index (χ4v) is 3.54. The monoisotopic (exact) mass is 248 g/mol. The van der Waals surface area contributed by atoms with Gasteiger partial charge in [-0.3, -0.25) is 8.75 Å². The van der Waals surface area contributed by atoms with Crippen LogP contribution in [0.15, 0.2) is 29.1 Å². The van der Waals surface area contributed by atoms with Gasteiger partial charge in [-0.25, -0.2) is 0 Å². The van der Waals surface area contributed by atoms with E-state index in [1.807, 2.05) is 28.2 Å². The van der Waals surface area contributed by atoms with Crippen molar-refractivity contribution in [1.82, 2.24) is 9.27 Å². The molecule has 1 aromatic carbocycles. The van der Waals surface area contributed by atoms with Crippen LogP contribution in [0.1, 0.15) is 6.92 Å². The van der Waals surface area contributed by atoms with E-state index in [0.29, 0.717) is 11.8 Å². The van der Waals surface area contributed by atoms with E-state index in [0.717, 1.165) is 29.7 Å². The second-order valence-corrected chi connectivity index (χ2v) is 5.91. The first-order chi connectivity index (χ1) is 8.25. The molecule has 3 nitrogen and oxygen atoms in total. The van der Waals surface area contributed by atoms with Gasteiger partial charge in [0, 0.05) is 13.1 Å². The van der Waals surface area contributed by atoms with Crippen LogP contribution in [0, 0.1) is 11.8 Å². The zero-order valence-electron chi connectivity index (χ0n) is 9.85. The van der Waals surface area contributed by atoms with Gasteiger partial charge in [0.05, 0.1) is 10.1 Å². The number of nitrogens with one attached hydrogen (secondary N) is 1. The molecule has 0 saturated carbocycles. The van der Waals surface area contributed by atoms with Crippen LogP contribution in [0.2, 0.25) is 0 Å². The summed E-state index contributed by atoms with van der Waals surface area (Å²) in [6.07, 6.45) is 0. The molecule has 2 atom stereocenters. The molecule has 1 aromatic heterocycles. The Morgan fingerprint density at radius 1 is 1.41 bits per heavy atom. The van der Waals surface area contributed by atoms with Crippen LogP contribution in [-0.2, 0) is 6.54 Å². The standard InChI is InChI=1S/C13H16N2OS/c1-9-6-14-7-10(9)8-15-13(16)11-4-2-3-5-12(11)17-15/h2-5,9-10,14H,6-8H2,1H3/t9-,10+/m1/s1. The SMILES string of the molecule is C[C@@H]1CNC[C@H]1Cn1sc2ccccc2c1=O. The number of fused-ring (bicyclic) bond motifs is 1. The van der Waals surface area contributed by atoms with E-state index in [2.05, 4.69) is 12.2 Å². The molecule has 0 bridgehead atoms. The minimum absolute atomic E-state index is 0.171.